The largest absolute Gasteiger partial charge is 0.495 e. The molecule has 27 heavy (non-hydrogen) atoms. The van der Waals surface area contributed by atoms with Crippen molar-refractivity contribution in [1.29, 1.82) is 0 Å². The number of benzene rings is 1. The van der Waals surface area contributed by atoms with Gasteiger partial charge < -0.3 is 15.0 Å². The molecule has 0 radical (unpaired) electrons. The average Bonchev–Trinajstić information content (AvgIpc) is 2.97. The first-order chi connectivity index (χ1) is 12.2. The number of fused-ring (bicyclic) bond motifs is 2. The maximum absolute atomic E-state index is 13.0. The van der Waals surface area contributed by atoms with Crippen LogP contribution in [0.25, 0.3) is 0 Å². The van der Waals surface area contributed by atoms with E-state index in [2.05, 4.69) is 5.32 Å². The van der Waals surface area contributed by atoms with Gasteiger partial charge in [0.15, 0.2) is 0 Å². The Balaban J connectivity index is 0.00000261. The molecule has 0 aromatic heterocycles. The van der Waals surface area contributed by atoms with Crippen LogP contribution in [0.2, 0.25) is 0 Å². The van der Waals surface area contributed by atoms with Crippen LogP contribution in [-0.4, -0.2) is 69.9 Å². The van der Waals surface area contributed by atoms with Crippen LogP contribution in [-0.2, 0) is 10.0 Å². The van der Waals surface area contributed by atoms with Gasteiger partial charge in [-0.15, -0.1) is 12.4 Å². The van der Waals surface area contributed by atoms with Crippen molar-refractivity contribution >= 4 is 28.3 Å². The van der Waals surface area contributed by atoms with Gasteiger partial charge in [-0.05, 0) is 43.9 Å². The van der Waals surface area contributed by atoms with Crippen molar-refractivity contribution in [2.75, 3.05) is 28.3 Å². The molecule has 2 heterocycles. The fourth-order valence-electron chi connectivity index (χ4n) is 3.92. The molecule has 3 rings (SSSR count). The Morgan fingerprint density at radius 3 is 2.26 bits per heavy atom. The van der Waals surface area contributed by atoms with E-state index in [0.29, 0.717) is 17.6 Å². The molecule has 2 aliphatic rings. The third-order valence-electron chi connectivity index (χ3n) is 5.49. The highest BCUT2D eigenvalue weighted by Crippen LogP contribution is 2.31. The summed E-state index contributed by atoms with van der Waals surface area (Å²) in [4.78, 5) is 14.8. The zero-order valence-electron chi connectivity index (χ0n) is 16.1. The number of carbonyl (C=O) groups excluding carboxylic acids is 1. The van der Waals surface area contributed by atoms with Gasteiger partial charge in [-0.3, -0.25) is 4.79 Å². The molecule has 0 aliphatic carbocycles. The maximum Gasteiger partial charge on any atom is 0.253 e. The Labute approximate surface area is 167 Å². The molecule has 2 bridgehead atoms. The van der Waals surface area contributed by atoms with Gasteiger partial charge in [0.1, 0.15) is 10.6 Å². The van der Waals surface area contributed by atoms with E-state index < -0.39 is 10.0 Å². The van der Waals surface area contributed by atoms with Crippen LogP contribution in [0, 0.1) is 0 Å². The first-order valence-corrected chi connectivity index (χ1v) is 10.3. The Morgan fingerprint density at radius 1 is 1.15 bits per heavy atom. The lowest BCUT2D eigenvalue weighted by atomic mass is 9.98. The summed E-state index contributed by atoms with van der Waals surface area (Å²) in [6.45, 7) is 0. The minimum Gasteiger partial charge on any atom is -0.495 e. The summed E-state index contributed by atoms with van der Waals surface area (Å²) in [6.07, 6.45) is 4.21. The van der Waals surface area contributed by atoms with E-state index in [0.717, 1.165) is 30.0 Å². The van der Waals surface area contributed by atoms with Crippen LogP contribution >= 0.6 is 12.4 Å². The van der Waals surface area contributed by atoms with Gasteiger partial charge in [0.2, 0.25) is 10.0 Å². The van der Waals surface area contributed by atoms with E-state index in [1.165, 1.54) is 27.3 Å². The number of hydrogen-bond donors (Lipinski definition) is 1. The summed E-state index contributed by atoms with van der Waals surface area (Å²) in [5.74, 6) is 0.0759. The van der Waals surface area contributed by atoms with E-state index in [1.807, 2.05) is 7.05 Å². The molecule has 2 fully saturated rings. The van der Waals surface area contributed by atoms with E-state index in [9.17, 15) is 13.2 Å². The molecule has 2 saturated heterocycles. The fraction of sp³-hybridized carbons (Fsp3) is 0.611. The van der Waals surface area contributed by atoms with Gasteiger partial charge >= 0.3 is 0 Å². The van der Waals surface area contributed by atoms with Crippen LogP contribution in [0.15, 0.2) is 23.1 Å². The number of methoxy groups -OCH3 is 1. The van der Waals surface area contributed by atoms with Crippen molar-refractivity contribution in [3.8, 4) is 5.75 Å². The second-order valence-electron chi connectivity index (χ2n) is 7.33. The molecule has 7 nitrogen and oxygen atoms in total. The number of nitrogens with zero attached hydrogens (tertiary/aromatic N) is 2. The Morgan fingerprint density at radius 2 is 1.74 bits per heavy atom. The Bertz CT molecular complexity index is 788. The number of ether oxygens (including phenoxy) is 1. The van der Waals surface area contributed by atoms with Crippen molar-refractivity contribution in [1.82, 2.24) is 14.5 Å². The van der Waals surface area contributed by atoms with Crippen molar-refractivity contribution in [3.63, 3.8) is 0 Å². The third-order valence-corrected chi connectivity index (χ3v) is 7.32. The smallest absolute Gasteiger partial charge is 0.253 e. The number of piperidine rings is 1. The predicted molar refractivity (Wildman–Crippen MR) is 106 cm³/mol. The second kappa shape index (κ2) is 8.34. The number of halogens is 1. The van der Waals surface area contributed by atoms with E-state index >= 15 is 0 Å². The zero-order chi connectivity index (χ0) is 19.1. The summed E-state index contributed by atoms with van der Waals surface area (Å²) in [5, 5.41) is 3.57. The van der Waals surface area contributed by atoms with Crippen LogP contribution in [0.1, 0.15) is 36.0 Å². The zero-order valence-corrected chi connectivity index (χ0v) is 17.8. The van der Waals surface area contributed by atoms with Crippen molar-refractivity contribution in [3.05, 3.63) is 23.8 Å². The second-order valence-corrected chi connectivity index (χ2v) is 9.45. The molecular weight excluding hydrogens is 390 g/mol. The number of nitrogens with one attached hydrogen (secondary N) is 1. The SMILES string of the molecule is COc1ccc(C(=O)N(C)C2CC3CCC(C2)N3)cc1S(=O)(=O)N(C)C.Cl. The van der Waals surface area contributed by atoms with E-state index in [1.54, 1.807) is 17.0 Å². The Kier molecular flexibility index (Phi) is 6.78. The van der Waals surface area contributed by atoms with E-state index in [-0.39, 0.29) is 35.0 Å². The minimum absolute atomic E-state index is 0. The number of amides is 1. The highest BCUT2D eigenvalue weighted by molar-refractivity contribution is 7.89. The summed E-state index contributed by atoms with van der Waals surface area (Å²) in [5.41, 5.74) is 0.361. The van der Waals surface area contributed by atoms with Gasteiger partial charge in [0.05, 0.1) is 7.11 Å². The highest BCUT2D eigenvalue weighted by Gasteiger charge is 2.36. The van der Waals surface area contributed by atoms with Crippen molar-refractivity contribution in [2.45, 2.75) is 48.7 Å². The molecule has 2 atom stereocenters. The van der Waals surface area contributed by atoms with Crippen molar-refractivity contribution in [2.24, 2.45) is 0 Å². The lowest BCUT2D eigenvalue weighted by Crippen LogP contribution is -2.48. The van der Waals surface area contributed by atoms with Gasteiger partial charge in [-0.1, -0.05) is 0 Å². The first kappa shape index (κ1) is 21.9. The summed E-state index contributed by atoms with van der Waals surface area (Å²) < 4.78 is 31.4. The normalized spacial score (nSPS) is 24.4. The van der Waals surface area contributed by atoms with Crippen LogP contribution < -0.4 is 10.1 Å². The molecule has 1 amide bonds. The first-order valence-electron chi connectivity index (χ1n) is 8.87. The quantitative estimate of drug-likeness (QED) is 0.789. The highest BCUT2D eigenvalue weighted by atomic mass is 35.5. The lowest BCUT2D eigenvalue weighted by molar-refractivity contribution is 0.0681. The minimum atomic E-state index is -3.71. The van der Waals surface area contributed by atoms with Gasteiger partial charge in [0.25, 0.3) is 5.91 Å². The molecule has 0 saturated carbocycles. The molecule has 9 heteroatoms. The third kappa shape index (κ3) is 4.23. The Hall–Kier alpha value is -1.35. The molecular formula is C18H28ClN3O4S. The summed E-state index contributed by atoms with van der Waals surface area (Å²) >= 11 is 0. The lowest BCUT2D eigenvalue weighted by Gasteiger charge is -2.35. The molecule has 1 aromatic carbocycles. The van der Waals surface area contributed by atoms with Gasteiger partial charge in [-0.2, -0.15) is 0 Å². The molecule has 0 spiro atoms. The molecule has 1 N–H and O–H groups in total. The van der Waals surface area contributed by atoms with Crippen LogP contribution in [0.4, 0.5) is 0 Å². The van der Waals surface area contributed by atoms with Crippen LogP contribution in [0.5, 0.6) is 5.75 Å². The maximum atomic E-state index is 13.0. The van der Waals surface area contributed by atoms with Crippen LogP contribution in [0.3, 0.4) is 0 Å². The number of sulfonamides is 1. The van der Waals surface area contributed by atoms with E-state index in [4.69, 9.17) is 4.74 Å². The van der Waals surface area contributed by atoms with Crippen molar-refractivity contribution < 1.29 is 17.9 Å². The summed E-state index contributed by atoms with van der Waals surface area (Å²) in [7, 11) is 2.44. The summed E-state index contributed by atoms with van der Waals surface area (Å²) in [6, 6.07) is 5.73. The molecule has 2 aliphatic heterocycles. The fourth-order valence-corrected chi connectivity index (χ4v) is 5.00. The average molecular weight is 418 g/mol. The molecule has 1 aromatic rings. The standard InChI is InChI=1S/C18H27N3O4S.ClH/c1-20(2)26(23,24)17-9-12(5-8-16(17)25-4)18(22)21(3)15-10-13-6-7-14(11-15)19-13;/h5,8-9,13-15,19H,6-7,10-11H2,1-4H3;1H. The number of carbonyl (C=O) groups is 1. The molecule has 152 valence electrons. The van der Waals surface area contributed by atoms with Gasteiger partial charge in [-0.25, -0.2) is 12.7 Å². The number of hydrogen-bond acceptors (Lipinski definition) is 5. The monoisotopic (exact) mass is 417 g/mol. The predicted octanol–water partition coefficient (Wildman–Crippen LogP) is 1.72. The molecule has 2 unspecified atom stereocenters. The topological polar surface area (TPSA) is 79.0 Å². The number of rotatable bonds is 5. The van der Waals surface area contributed by atoms with Gasteiger partial charge in [0, 0.05) is 44.8 Å².